The van der Waals surface area contributed by atoms with E-state index in [0.717, 1.165) is 21.5 Å². The zero-order valence-electron chi connectivity index (χ0n) is 8.21. The van der Waals surface area contributed by atoms with Crippen molar-refractivity contribution < 1.29 is 14.6 Å². The lowest BCUT2D eigenvalue weighted by Gasteiger charge is -2.12. The largest absolute Gasteiger partial charge is 0.496 e. The van der Waals surface area contributed by atoms with Crippen LogP contribution in [0.3, 0.4) is 0 Å². The van der Waals surface area contributed by atoms with Crippen LogP contribution in [0.1, 0.15) is 5.56 Å². The van der Waals surface area contributed by atoms with Crippen LogP contribution in [0.15, 0.2) is 16.6 Å². The lowest BCUT2D eigenvalue weighted by Crippen LogP contribution is -1.98. The van der Waals surface area contributed by atoms with Crippen LogP contribution in [0.5, 0.6) is 11.5 Å². The lowest BCUT2D eigenvalue weighted by molar-refractivity contribution is 0.296. The first-order chi connectivity index (χ1) is 6.74. The third-order valence-corrected chi connectivity index (χ3v) is 2.84. The number of benzene rings is 1. The maximum atomic E-state index is 8.91. The van der Waals surface area contributed by atoms with Gasteiger partial charge in [0.25, 0.3) is 0 Å². The average molecular weight is 261 g/mol. The van der Waals surface area contributed by atoms with Gasteiger partial charge in [0.15, 0.2) is 0 Å². The van der Waals surface area contributed by atoms with Crippen LogP contribution in [0.25, 0.3) is 0 Å². The summed E-state index contributed by atoms with van der Waals surface area (Å²) in [5.41, 5.74) is 0.925. The van der Waals surface area contributed by atoms with E-state index in [4.69, 9.17) is 14.6 Å². The predicted octanol–water partition coefficient (Wildman–Crippen LogP) is 2.00. The molecule has 0 amide bonds. The molecule has 14 heavy (non-hydrogen) atoms. The molecule has 0 saturated heterocycles. The van der Waals surface area contributed by atoms with E-state index < -0.39 is 0 Å². The molecule has 0 heterocycles. The molecular weight excluding hydrogens is 248 g/mol. The first-order valence-corrected chi connectivity index (χ1v) is 5.04. The molecule has 0 aliphatic carbocycles. The Hall–Kier alpha value is -0.740. The molecule has 0 atom stereocenters. The van der Waals surface area contributed by atoms with Gasteiger partial charge in [0, 0.05) is 18.6 Å². The van der Waals surface area contributed by atoms with Crippen molar-refractivity contribution in [3.63, 3.8) is 0 Å². The van der Waals surface area contributed by atoms with E-state index in [-0.39, 0.29) is 6.61 Å². The molecule has 0 saturated carbocycles. The highest BCUT2D eigenvalue weighted by atomic mass is 79.9. The summed E-state index contributed by atoms with van der Waals surface area (Å²) in [7, 11) is 3.21. The normalized spacial score (nSPS) is 10.0. The van der Waals surface area contributed by atoms with Gasteiger partial charge >= 0.3 is 0 Å². The van der Waals surface area contributed by atoms with Crippen LogP contribution >= 0.6 is 15.9 Å². The topological polar surface area (TPSA) is 38.7 Å². The summed E-state index contributed by atoms with van der Waals surface area (Å²) in [5.74, 6) is 1.50. The maximum absolute atomic E-state index is 8.91. The highest BCUT2D eigenvalue weighted by Crippen LogP contribution is 2.35. The van der Waals surface area contributed by atoms with Crippen molar-refractivity contribution in [2.75, 3.05) is 20.8 Å². The van der Waals surface area contributed by atoms with Gasteiger partial charge in [-0.3, -0.25) is 0 Å². The van der Waals surface area contributed by atoms with Crippen molar-refractivity contribution in [2.45, 2.75) is 6.42 Å². The van der Waals surface area contributed by atoms with E-state index in [1.54, 1.807) is 14.2 Å². The molecular formula is C10H13BrO3. The summed E-state index contributed by atoms with van der Waals surface area (Å²) in [6, 6.07) is 3.65. The van der Waals surface area contributed by atoms with E-state index in [0.29, 0.717) is 6.42 Å². The Kier molecular flexibility index (Phi) is 4.22. The molecule has 4 heteroatoms. The van der Waals surface area contributed by atoms with Crippen molar-refractivity contribution in [1.82, 2.24) is 0 Å². The van der Waals surface area contributed by atoms with E-state index in [9.17, 15) is 0 Å². The lowest BCUT2D eigenvalue weighted by atomic mass is 10.1. The quantitative estimate of drug-likeness (QED) is 0.900. The zero-order valence-corrected chi connectivity index (χ0v) is 9.80. The second kappa shape index (κ2) is 5.22. The first-order valence-electron chi connectivity index (χ1n) is 4.24. The van der Waals surface area contributed by atoms with E-state index in [1.165, 1.54) is 0 Å². The van der Waals surface area contributed by atoms with Crippen LogP contribution < -0.4 is 9.47 Å². The Morgan fingerprint density at radius 3 is 2.29 bits per heavy atom. The van der Waals surface area contributed by atoms with Gasteiger partial charge in [-0.1, -0.05) is 0 Å². The van der Waals surface area contributed by atoms with Crippen LogP contribution in [0.4, 0.5) is 0 Å². The number of aliphatic hydroxyl groups is 1. The number of ether oxygens (including phenoxy) is 2. The number of methoxy groups -OCH3 is 2. The minimum absolute atomic E-state index is 0.0854. The van der Waals surface area contributed by atoms with Crippen molar-refractivity contribution in [1.29, 1.82) is 0 Å². The van der Waals surface area contributed by atoms with Crippen molar-refractivity contribution in [3.8, 4) is 11.5 Å². The third-order valence-electron chi connectivity index (χ3n) is 1.97. The Morgan fingerprint density at radius 2 is 1.79 bits per heavy atom. The van der Waals surface area contributed by atoms with E-state index in [1.807, 2.05) is 12.1 Å². The maximum Gasteiger partial charge on any atom is 0.133 e. The summed E-state index contributed by atoms with van der Waals surface area (Å²) in [6.45, 7) is 0.0854. The molecule has 0 spiro atoms. The molecule has 0 aromatic heterocycles. The molecule has 78 valence electrons. The molecule has 3 nitrogen and oxygen atoms in total. The number of hydrogen-bond acceptors (Lipinski definition) is 3. The molecule has 0 bridgehead atoms. The van der Waals surface area contributed by atoms with Crippen LogP contribution in [0.2, 0.25) is 0 Å². The summed E-state index contributed by atoms with van der Waals surface area (Å²) in [4.78, 5) is 0. The van der Waals surface area contributed by atoms with E-state index in [2.05, 4.69) is 15.9 Å². The predicted molar refractivity (Wildman–Crippen MR) is 58.0 cm³/mol. The highest BCUT2D eigenvalue weighted by molar-refractivity contribution is 9.10. The second-order valence-corrected chi connectivity index (χ2v) is 3.53. The molecule has 1 rings (SSSR count). The number of halogens is 1. The standard InChI is InChI=1S/C10H13BrO3/c1-13-8-3-4-9(14-2)10(11)7(8)5-6-12/h3-4,12H,5-6H2,1-2H3. The molecule has 0 aliphatic heterocycles. The van der Waals surface area contributed by atoms with Gasteiger partial charge in [0.05, 0.1) is 18.7 Å². The van der Waals surface area contributed by atoms with Crippen LogP contribution in [-0.2, 0) is 6.42 Å². The zero-order chi connectivity index (χ0) is 10.6. The van der Waals surface area contributed by atoms with Gasteiger partial charge in [-0.05, 0) is 28.1 Å². The third kappa shape index (κ3) is 2.19. The SMILES string of the molecule is COc1ccc(OC)c(CCO)c1Br. The van der Waals surface area contributed by atoms with Crippen LogP contribution in [0, 0.1) is 0 Å². The van der Waals surface area contributed by atoms with Gasteiger partial charge in [0.1, 0.15) is 11.5 Å². The Labute approximate surface area is 91.8 Å². The highest BCUT2D eigenvalue weighted by Gasteiger charge is 2.11. The number of aliphatic hydroxyl groups excluding tert-OH is 1. The summed E-state index contributed by atoms with van der Waals surface area (Å²) >= 11 is 3.42. The fourth-order valence-electron chi connectivity index (χ4n) is 1.28. The number of rotatable bonds is 4. The first kappa shape index (κ1) is 11.3. The fourth-order valence-corrected chi connectivity index (χ4v) is 1.96. The summed E-state index contributed by atoms with van der Waals surface area (Å²) in [5, 5.41) is 8.91. The average Bonchev–Trinajstić information content (AvgIpc) is 2.21. The monoisotopic (exact) mass is 260 g/mol. The molecule has 0 aliphatic rings. The smallest absolute Gasteiger partial charge is 0.133 e. The minimum atomic E-state index is 0.0854. The molecule has 1 N–H and O–H groups in total. The second-order valence-electron chi connectivity index (χ2n) is 2.74. The Balaban J connectivity index is 3.16. The Bertz CT molecular complexity index is 312. The Morgan fingerprint density at radius 1 is 1.21 bits per heavy atom. The van der Waals surface area contributed by atoms with Crippen LogP contribution in [-0.4, -0.2) is 25.9 Å². The van der Waals surface area contributed by atoms with Gasteiger partial charge in [0.2, 0.25) is 0 Å². The van der Waals surface area contributed by atoms with Crippen molar-refractivity contribution >= 4 is 15.9 Å². The summed E-state index contributed by atoms with van der Waals surface area (Å²) in [6.07, 6.45) is 0.543. The molecule has 0 unspecified atom stereocenters. The van der Waals surface area contributed by atoms with E-state index >= 15 is 0 Å². The fraction of sp³-hybridized carbons (Fsp3) is 0.400. The van der Waals surface area contributed by atoms with Gasteiger partial charge in [-0.15, -0.1) is 0 Å². The van der Waals surface area contributed by atoms with Crippen molar-refractivity contribution in [2.24, 2.45) is 0 Å². The molecule has 0 fully saturated rings. The molecule has 0 radical (unpaired) electrons. The van der Waals surface area contributed by atoms with Gasteiger partial charge < -0.3 is 14.6 Å². The van der Waals surface area contributed by atoms with Crippen molar-refractivity contribution in [3.05, 3.63) is 22.2 Å². The molecule has 1 aromatic rings. The van der Waals surface area contributed by atoms with Gasteiger partial charge in [-0.25, -0.2) is 0 Å². The molecule has 1 aromatic carbocycles. The van der Waals surface area contributed by atoms with Gasteiger partial charge in [-0.2, -0.15) is 0 Å². The summed E-state index contributed by atoms with van der Waals surface area (Å²) < 4.78 is 11.2. The minimum Gasteiger partial charge on any atom is -0.496 e. The number of hydrogen-bond donors (Lipinski definition) is 1.